The van der Waals surface area contributed by atoms with Gasteiger partial charge in [-0.15, -0.1) is 0 Å². The summed E-state index contributed by atoms with van der Waals surface area (Å²) < 4.78 is 20.3. The first-order valence-corrected chi connectivity index (χ1v) is 8.17. The largest absolute Gasteiger partial charge is 0.495 e. The Labute approximate surface area is 148 Å². The molecule has 7 heteroatoms. The molecule has 112 valence electrons. The molecule has 21 heavy (non-hydrogen) atoms. The maximum atomic E-state index is 13.2. The Kier molecular flexibility index (Phi) is 5.77. The van der Waals surface area contributed by atoms with E-state index in [1.807, 2.05) is 12.1 Å². The van der Waals surface area contributed by atoms with Crippen LogP contribution in [-0.2, 0) is 6.54 Å². The molecule has 2 aromatic rings. The predicted octanol–water partition coefficient (Wildman–Crippen LogP) is 6.28. The number of halogens is 5. The summed E-state index contributed by atoms with van der Waals surface area (Å²) in [5.74, 6) is 0.235. The zero-order valence-electron chi connectivity index (χ0n) is 10.8. The monoisotopic (exact) mass is 455 g/mol. The molecule has 0 unspecified atom stereocenters. The van der Waals surface area contributed by atoms with Crippen molar-refractivity contribution in [3.63, 3.8) is 0 Å². The minimum atomic E-state index is -0.474. The highest BCUT2D eigenvalue weighted by Gasteiger charge is 2.12. The minimum Gasteiger partial charge on any atom is -0.495 e. The first kappa shape index (κ1) is 16.9. The molecule has 1 N–H and O–H groups in total. The van der Waals surface area contributed by atoms with Gasteiger partial charge in [0.2, 0.25) is 0 Å². The lowest BCUT2D eigenvalue weighted by Gasteiger charge is -2.14. The van der Waals surface area contributed by atoms with Gasteiger partial charge in [0, 0.05) is 16.6 Å². The van der Waals surface area contributed by atoms with E-state index < -0.39 is 5.82 Å². The molecule has 0 aliphatic carbocycles. The van der Waals surface area contributed by atoms with Crippen LogP contribution in [0.2, 0.25) is 10.0 Å². The Hall–Kier alpha value is -0.490. The van der Waals surface area contributed by atoms with Gasteiger partial charge in [-0.1, -0.05) is 39.1 Å². The lowest BCUT2D eigenvalue weighted by Crippen LogP contribution is -2.03. The Morgan fingerprint density at radius 1 is 1.14 bits per heavy atom. The predicted molar refractivity (Wildman–Crippen MR) is 92.1 cm³/mol. The average molecular weight is 458 g/mol. The Morgan fingerprint density at radius 2 is 1.76 bits per heavy atom. The second kappa shape index (κ2) is 7.18. The van der Waals surface area contributed by atoms with Gasteiger partial charge < -0.3 is 10.1 Å². The Balaban J connectivity index is 2.29. The summed E-state index contributed by atoms with van der Waals surface area (Å²) >= 11 is 18.9. The van der Waals surface area contributed by atoms with Crippen molar-refractivity contribution in [1.82, 2.24) is 0 Å². The molecule has 0 amide bonds. The molecular weight excluding hydrogens is 448 g/mol. The van der Waals surface area contributed by atoms with E-state index in [0.29, 0.717) is 18.0 Å². The van der Waals surface area contributed by atoms with Gasteiger partial charge in [0.15, 0.2) is 0 Å². The molecular formula is C14H10Br2Cl2FNO. The van der Waals surface area contributed by atoms with E-state index in [4.69, 9.17) is 27.9 Å². The van der Waals surface area contributed by atoms with Crippen molar-refractivity contribution < 1.29 is 9.13 Å². The van der Waals surface area contributed by atoms with Crippen LogP contribution in [0.15, 0.2) is 33.2 Å². The topological polar surface area (TPSA) is 21.3 Å². The smallest absolute Gasteiger partial charge is 0.138 e. The minimum absolute atomic E-state index is 0.230. The van der Waals surface area contributed by atoms with Crippen LogP contribution in [0.4, 0.5) is 10.1 Å². The summed E-state index contributed by atoms with van der Waals surface area (Å²) in [5, 5.41) is 3.56. The number of hydrogen-bond acceptors (Lipinski definition) is 2. The van der Waals surface area contributed by atoms with Crippen LogP contribution in [0.1, 0.15) is 5.56 Å². The molecule has 0 aliphatic rings. The number of ether oxygens (including phenoxy) is 1. The third-order valence-electron chi connectivity index (χ3n) is 2.75. The van der Waals surface area contributed by atoms with Gasteiger partial charge in [-0.2, -0.15) is 0 Å². The molecule has 0 aromatic heterocycles. The number of hydrogen-bond donors (Lipinski definition) is 1. The number of methoxy groups -OCH3 is 1. The van der Waals surface area contributed by atoms with Crippen molar-refractivity contribution in [2.75, 3.05) is 12.4 Å². The molecule has 0 saturated heterocycles. The van der Waals surface area contributed by atoms with Gasteiger partial charge in [0.1, 0.15) is 11.6 Å². The molecule has 0 spiro atoms. The summed E-state index contributed by atoms with van der Waals surface area (Å²) in [6.07, 6.45) is 0. The molecule has 0 atom stereocenters. The van der Waals surface area contributed by atoms with Gasteiger partial charge in [-0.05, 0) is 40.2 Å². The van der Waals surface area contributed by atoms with Gasteiger partial charge in [-0.25, -0.2) is 4.39 Å². The van der Waals surface area contributed by atoms with E-state index >= 15 is 0 Å². The van der Waals surface area contributed by atoms with Crippen LogP contribution in [0.25, 0.3) is 0 Å². The van der Waals surface area contributed by atoms with Crippen molar-refractivity contribution in [2.45, 2.75) is 6.54 Å². The second-order valence-corrected chi connectivity index (χ2v) is 6.76. The van der Waals surface area contributed by atoms with Gasteiger partial charge in [0.25, 0.3) is 0 Å². The second-order valence-electron chi connectivity index (χ2n) is 4.18. The van der Waals surface area contributed by atoms with E-state index in [1.165, 1.54) is 12.1 Å². The molecule has 0 fully saturated rings. The lowest BCUT2D eigenvalue weighted by molar-refractivity contribution is 0.407. The molecule has 0 heterocycles. The van der Waals surface area contributed by atoms with E-state index in [-0.39, 0.29) is 10.0 Å². The van der Waals surface area contributed by atoms with E-state index in [9.17, 15) is 4.39 Å². The molecule has 0 saturated carbocycles. The Bertz CT molecular complexity index is 659. The van der Waals surface area contributed by atoms with Crippen molar-refractivity contribution in [3.8, 4) is 5.75 Å². The van der Waals surface area contributed by atoms with Crippen LogP contribution in [0.5, 0.6) is 5.75 Å². The molecule has 2 aromatic carbocycles. The third kappa shape index (κ3) is 4.03. The highest BCUT2D eigenvalue weighted by molar-refractivity contribution is 9.11. The van der Waals surface area contributed by atoms with Crippen molar-refractivity contribution in [1.29, 1.82) is 0 Å². The summed E-state index contributed by atoms with van der Waals surface area (Å²) in [6.45, 7) is 0.423. The van der Waals surface area contributed by atoms with E-state index in [0.717, 1.165) is 14.5 Å². The summed E-state index contributed by atoms with van der Waals surface area (Å²) in [7, 11) is 1.59. The standard InChI is InChI=1S/C14H10Br2Cl2FNO/c1-21-14-7(2-8(15)3-10(14)16)6-20-13-11(17)4-9(19)5-12(13)18/h2-5,20H,6H2,1H3. The molecule has 0 radical (unpaired) electrons. The molecule has 2 nitrogen and oxygen atoms in total. The zero-order valence-corrected chi connectivity index (χ0v) is 15.5. The number of nitrogens with one attached hydrogen (secondary N) is 1. The molecule has 2 rings (SSSR count). The first-order valence-electron chi connectivity index (χ1n) is 5.82. The van der Waals surface area contributed by atoms with Crippen molar-refractivity contribution in [2.24, 2.45) is 0 Å². The van der Waals surface area contributed by atoms with Crippen LogP contribution in [0.3, 0.4) is 0 Å². The highest BCUT2D eigenvalue weighted by atomic mass is 79.9. The lowest BCUT2D eigenvalue weighted by atomic mass is 10.2. The van der Waals surface area contributed by atoms with Crippen molar-refractivity contribution in [3.05, 3.63) is 54.6 Å². The van der Waals surface area contributed by atoms with E-state index in [2.05, 4.69) is 37.2 Å². The molecule has 0 aliphatic heterocycles. The summed E-state index contributed by atoms with van der Waals surface area (Å²) in [4.78, 5) is 0. The maximum absolute atomic E-state index is 13.2. The Morgan fingerprint density at radius 3 is 2.33 bits per heavy atom. The van der Waals surface area contributed by atoms with Crippen LogP contribution >= 0.6 is 55.1 Å². The fourth-order valence-electron chi connectivity index (χ4n) is 1.87. The molecule has 0 bridgehead atoms. The normalized spacial score (nSPS) is 10.6. The fourth-order valence-corrected chi connectivity index (χ4v) is 3.94. The van der Waals surface area contributed by atoms with Crippen LogP contribution in [-0.4, -0.2) is 7.11 Å². The van der Waals surface area contributed by atoms with Crippen molar-refractivity contribution >= 4 is 60.7 Å². The van der Waals surface area contributed by atoms with E-state index in [1.54, 1.807) is 7.11 Å². The first-order chi connectivity index (χ1) is 9.92. The van der Waals surface area contributed by atoms with Gasteiger partial charge in [0.05, 0.1) is 27.3 Å². The highest BCUT2D eigenvalue weighted by Crippen LogP contribution is 2.35. The maximum Gasteiger partial charge on any atom is 0.138 e. The van der Waals surface area contributed by atoms with Gasteiger partial charge >= 0.3 is 0 Å². The number of benzene rings is 2. The van der Waals surface area contributed by atoms with Crippen LogP contribution < -0.4 is 10.1 Å². The third-order valence-corrected chi connectivity index (χ3v) is 4.39. The number of rotatable bonds is 4. The summed E-state index contributed by atoms with van der Waals surface area (Å²) in [6, 6.07) is 6.23. The average Bonchev–Trinajstić information content (AvgIpc) is 2.36. The zero-order chi connectivity index (χ0) is 15.6. The SMILES string of the molecule is COc1c(Br)cc(Br)cc1CNc1c(Cl)cc(F)cc1Cl. The number of anilines is 1. The van der Waals surface area contributed by atoms with Gasteiger partial charge in [-0.3, -0.25) is 0 Å². The van der Waals surface area contributed by atoms with Crippen LogP contribution in [0, 0.1) is 5.82 Å². The quantitative estimate of drug-likeness (QED) is 0.583. The summed E-state index contributed by atoms with van der Waals surface area (Å²) in [5.41, 5.74) is 1.38. The fraction of sp³-hybridized carbons (Fsp3) is 0.143.